The van der Waals surface area contributed by atoms with Crippen LogP contribution in [0, 0.1) is 13.8 Å². The zero-order valence-electron chi connectivity index (χ0n) is 18.9. The Labute approximate surface area is 192 Å². The van der Waals surface area contributed by atoms with Gasteiger partial charge in [-0.2, -0.15) is 5.10 Å². The molecule has 1 saturated heterocycles. The highest BCUT2D eigenvalue weighted by Crippen LogP contribution is 2.25. The molecule has 0 radical (unpaired) electrons. The SMILES string of the molecule is Cc1ccc(NC(=O)Cn2ncc3c(N4CCN(c5ccccc5)CC4)ncnc32)c(C)c1. The lowest BCUT2D eigenvalue weighted by molar-refractivity contribution is -0.116. The van der Waals surface area contributed by atoms with E-state index >= 15 is 0 Å². The van der Waals surface area contributed by atoms with Crippen LogP contribution in [0.4, 0.5) is 17.2 Å². The number of amides is 1. The standard InChI is InChI=1S/C25H27N7O/c1-18-8-9-22(19(2)14-18)29-23(33)16-32-25-21(15-28-32)24(26-17-27-25)31-12-10-30(11-13-31)20-6-4-3-5-7-20/h3-9,14-15,17H,10-13,16H2,1-2H3,(H,29,33). The van der Waals surface area contributed by atoms with Crippen LogP contribution in [0.25, 0.3) is 11.0 Å². The molecule has 1 fully saturated rings. The molecule has 2 aromatic heterocycles. The molecular formula is C25H27N7O. The van der Waals surface area contributed by atoms with Gasteiger partial charge in [-0.05, 0) is 37.6 Å². The number of carbonyl (C=O) groups is 1. The molecule has 33 heavy (non-hydrogen) atoms. The van der Waals surface area contributed by atoms with E-state index < -0.39 is 0 Å². The number of aromatic nitrogens is 4. The molecule has 0 bridgehead atoms. The fourth-order valence-corrected chi connectivity index (χ4v) is 4.34. The fourth-order valence-electron chi connectivity index (χ4n) is 4.34. The van der Waals surface area contributed by atoms with Gasteiger partial charge in [-0.15, -0.1) is 0 Å². The Morgan fingerprint density at radius 2 is 1.73 bits per heavy atom. The number of fused-ring (bicyclic) bond motifs is 1. The number of anilines is 3. The Hall–Kier alpha value is -3.94. The van der Waals surface area contributed by atoms with Crippen molar-refractivity contribution in [3.05, 3.63) is 72.2 Å². The third-order valence-corrected chi connectivity index (χ3v) is 6.06. The van der Waals surface area contributed by atoms with Gasteiger partial charge in [0.15, 0.2) is 5.65 Å². The molecule has 0 saturated carbocycles. The summed E-state index contributed by atoms with van der Waals surface area (Å²) in [5, 5.41) is 8.29. The number of nitrogens with one attached hydrogen (secondary N) is 1. The summed E-state index contributed by atoms with van der Waals surface area (Å²) in [6.07, 6.45) is 3.32. The third-order valence-electron chi connectivity index (χ3n) is 6.06. The molecule has 5 rings (SSSR count). The lowest BCUT2D eigenvalue weighted by Crippen LogP contribution is -2.46. The van der Waals surface area contributed by atoms with Crippen LogP contribution in [-0.2, 0) is 11.3 Å². The highest BCUT2D eigenvalue weighted by atomic mass is 16.2. The first kappa shape index (κ1) is 20.9. The van der Waals surface area contributed by atoms with Crippen LogP contribution in [0.3, 0.4) is 0 Å². The van der Waals surface area contributed by atoms with E-state index in [1.54, 1.807) is 17.2 Å². The quantitative estimate of drug-likeness (QED) is 0.511. The van der Waals surface area contributed by atoms with Crippen LogP contribution in [-0.4, -0.2) is 51.8 Å². The van der Waals surface area contributed by atoms with E-state index in [1.165, 1.54) is 5.69 Å². The Morgan fingerprint density at radius 3 is 2.48 bits per heavy atom. The number of nitrogens with zero attached hydrogens (tertiary/aromatic N) is 6. The maximum atomic E-state index is 12.7. The largest absolute Gasteiger partial charge is 0.368 e. The minimum atomic E-state index is -0.136. The van der Waals surface area contributed by atoms with Gasteiger partial charge in [-0.3, -0.25) is 4.79 Å². The molecule has 0 atom stereocenters. The number of carbonyl (C=O) groups excluding carboxylic acids is 1. The smallest absolute Gasteiger partial charge is 0.246 e. The highest BCUT2D eigenvalue weighted by Gasteiger charge is 2.22. The van der Waals surface area contributed by atoms with E-state index in [2.05, 4.69) is 60.5 Å². The molecule has 1 aliphatic rings. The number of piperazine rings is 1. The van der Waals surface area contributed by atoms with Gasteiger partial charge in [-0.25, -0.2) is 14.6 Å². The maximum Gasteiger partial charge on any atom is 0.246 e. The molecule has 1 amide bonds. The van der Waals surface area contributed by atoms with Crippen molar-refractivity contribution in [1.82, 2.24) is 19.7 Å². The molecule has 1 aliphatic heterocycles. The summed E-state index contributed by atoms with van der Waals surface area (Å²) in [6, 6.07) is 16.4. The second kappa shape index (κ2) is 8.90. The molecule has 0 aliphatic carbocycles. The predicted molar refractivity (Wildman–Crippen MR) is 131 cm³/mol. The number of aryl methyl sites for hydroxylation is 2. The first-order chi connectivity index (χ1) is 16.1. The van der Waals surface area contributed by atoms with E-state index in [0.717, 1.165) is 54.2 Å². The zero-order chi connectivity index (χ0) is 22.8. The molecule has 8 nitrogen and oxygen atoms in total. The summed E-state index contributed by atoms with van der Waals surface area (Å²) >= 11 is 0. The molecule has 2 aromatic carbocycles. The molecule has 8 heteroatoms. The van der Waals surface area contributed by atoms with Crippen LogP contribution >= 0.6 is 0 Å². The minimum absolute atomic E-state index is 0.0923. The van der Waals surface area contributed by atoms with Crippen molar-refractivity contribution < 1.29 is 4.79 Å². The molecule has 168 valence electrons. The van der Waals surface area contributed by atoms with E-state index in [0.29, 0.717) is 5.65 Å². The summed E-state index contributed by atoms with van der Waals surface area (Å²) in [4.78, 5) is 26.3. The lowest BCUT2D eigenvalue weighted by Gasteiger charge is -2.36. The molecule has 0 unspecified atom stereocenters. The summed E-state index contributed by atoms with van der Waals surface area (Å²) < 4.78 is 1.64. The van der Waals surface area contributed by atoms with E-state index in [-0.39, 0.29) is 12.5 Å². The number of para-hydroxylation sites is 1. The predicted octanol–water partition coefficient (Wildman–Crippen LogP) is 3.41. The van der Waals surface area contributed by atoms with Gasteiger partial charge in [-0.1, -0.05) is 35.9 Å². The van der Waals surface area contributed by atoms with Crippen LogP contribution in [0.15, 0.2) is 61.1 Å². The molecular weight excluding hydrogens is 414 g/mol. The first-order valence-corrected chi connectivity index (χ1v) is 11.2. The molecule has 3 heterocycles. The second-order valence-corrected chi connectivity index (χ2v) is 8.41. The van der Waals surface area contributed by atoms with Crippen LogP contribution in [0.5, 0.6) is 0 Å². The number of rotatable bonds is 5. The average Bonchev–Trinajstić information content (AvgIpc) is 3.24. The lowest BCUT2D eigenvalue weighted by atomic mass is 10.1. The number of benzene rings is 2. The molecule has 0 spiro atoms. The van der Waals surface area contributed by atoms with Crippen molar-refractivity contribution >= 4 is 34.1 Å². The van der Waals surface area contributed by atoms with Crippen molar-refractivity contribution in [2.45, 2.75) is 20.4 Å². The third kappa shape index (κ3) is 4.37. The first-order valence-electron chi connectivity index (χ1n) is 11.2. The van der Waals surface area contributed by atoms with Gasteiger partial charge in [0.05, 0.1) is 11.6 Å². The Balaban J connectivity index is 1.30. The van der Waals surface area contributed by atoms with Crippen molar-refractivity contribution in [3.63, 3.8) is 0 Å². The Kier molecular flexibility index (Phi) is 5.64. The summed E-state index contributed by atoms with van der Waals surface area (Å²) in [5.74, 6) is 0.734. The fraction of sp³-hybridized carbons (Fsp3) is 0.280. The summed E-state index contributed by atoms with van der Waals surface area (Å²) in [5.41, 5.74) is 4.92. The van der Waals surface area contributed by atoms with Gasteiger partial charge < -0.3 is 15.1 Å². The van der Waals surface area contributed by atoms with Gasteiger partial charge in [0, 0.05) is 37.6 Å². The number of hydrogen-bond donors (Lipinski definition) is 1. The topological polar surface area (TPSA) is 79.2 Å². The Morgan fingerprint density at radius 1 is 0.970 bits per heavy atom. The molecule has 4 aromatic rings. The summed E-state index contributed by atoms with van der Waals surface area (Å²) in [6.45, 7) is 7.67. The summed E-state index contributed by atoms with van der Waals surface area (Å²) in [7, 11) is 0. The monoisotopic (exact) mass is 441 g/mol. The van der Waals surface area contributed by atoms with Crippen molar-refractivity contribution in [3.8, 4) is 0 Å². The van der Waals surface area contributed by atoms with E-state index in [1.807, 2.05) is 32.0 Å². The van der Waals surface area contributed by atoms with Gasteiger partial charge >= 0.3 is 0 Å². The van der Waals surface area contributed by atoms with Crippen molar-refractivity contribution in [2.24, 2.45) is 0 Å². The van der Waals surface area contributed by atoms with Crippen LogP contribution < -0.4 is 15.1 Å². The zero-order valence-corrected chi connectivity index (χ0v) is 18.9. The van der Waals surface area contributed by atoms with E-state index in [9.17, 15) is 4.79 Å². The minimum Gasteiger partial charge on any atom is -0.368 e. The van der Waals surface area contributed by atoms with Crippen molar-refractivity contribution in [2.75, 3.05) is 41.3 Å². The van der Waals surface area contributed by atoms with Crippen LogP contribution in [0.2, 0.25) is 0 Å². The number of hydrogen-bond acceptors (Lipinski definition) is 6. The van der Waals surface area contributed by atoms with Gasteiger partial charge in [0.1, 0.15) is 18.7 Å². The normalized spacial score (nSPS) is 14.0. The molecule has 1 N–H and O–H groups in total. The second-order valence-electron chi connectivity index (χ2n) is 8.41. The van der Waals surface area contributed by atoms with E-state index in [4.69, 9.17) is 0 Å². The highest BCUT2D eigenvalue weighted by molar-refractivity contribution is 5.93. The van der Waals surface area contributed by atoms with Gasteiger partial charge in [0.2, 0.25) is 5.91 Å². The van der Waals surface area contributed by atoms with Crippen LogP contribution in [0.1, 0.15) is 11.1 Å². The average molecular weight is 442 g/mol. The Bertz CT molecular complexity index is 1280. The maximum absolute atomic E-state index is 12.7. The van der Waals surface area contributed by atoms with Gasteiger partial charge in [0.25, 0.3) is 0 Å². The van der Waals surface area contributed by atoms with Crippen molar-refractivity contribution in [1.29, 1.82) is 0 Å².